The lowest BCUT2D eigenvalue weighted by atomic mass is 9.87. The molecule has 0 heterocycles. The molecule has 0 amide bonds. The van der Waals surface area contributed by atoms with Crippen molar-refractivity contribution in [2.24, 2.45) is 11.3 Å². The van der Waals surface area contributed by atoms with Crippen molar-refractivity contribution in [3.63, 3.8) is 0 Å². The van der Waals surface area contributed by atoms with Gasteiger partial charge in [-0.15, -0.1) is 0 Å². The molecule has 0 unspecified atom stereocenters. The molecule has 0 bridgehead atoms. The molecule has 1 atom stereocenters. The van der Waals surface area contributed by atoms with Crippen LogP contribution in [0.25, 0.3) is 0 Å². The summed E-state index contributed by atoms with van der Waals surface area (Å²) in [5.41, 5.74) is 1.91. The van der Waals surface area contributed by atoms with Crippen LogP contribution in [-0.2, 0) is 0 Å². The molecule has 16 heavy (non-hydrogen) atoms. The highest BCUT2D eigenvalue weighted by atomic mass is 16.3. The summed E-state index contributed by atoms with van der Waals surface area (Å²) in [6, 6.07) is 0. The van der Waals surface area contributed by atoms with Gasteiger partial charge in [0.25, 0.3) is 0 Å². The summed E-state index contributed by atoms with van der Waals surface area (Å²) in [6.45, 7) is 14.2. The Hall–Kier alpha value is -1.00. The van der Waals surface area contributed by atoms with Crippen molar-refractivity contribution in [2.75, 3.05) is 0 Å². The first-order valence-electron chi connectivity index (χ1n) is 5.92. The van der Waals surface area contributed by atoms with E-state index < -0.39 is 6.10 Å². The lowest BCUT2D eigenvalue weighted by Crippen LogP contribution is -2.17. The van der Waals surface area contributed by atoms with Gasteiger partial charge in [0, 0.05) is 11.8 Å². The summed E-state index contributed by atoms with van der Waals surface area (Å²) in [7, 11) is 0. The molecule has 1 N–H and O–H groups in total. The highest BCUT2D eigenvalue weighted by Gasteiger charge is 2.47. The van der Waals surface area contributed by atoms with E-state index in [-0.39, 0.29) is 5.41 Å². The van der Waals surface area contributed by atoms with Crippen LogP contribution >= 0.6 is 0 Å². The minimum atomic E-state index is -0.696. The topological polar surface area (TPSA) is 20.2 Å². The van der Waals surface area contributed by atoms with Crippen LogP contribution in [0, 0.1) is 23.2 Å². The van der Waals surface area contributed by atoms with Gasteiger partial charge in [-0.3, -0.25) is 0 Å². The number of rotatable bonds is 4. The van der Waals surface area contributed by atoms with Gasteiger partial charge in [0.2, 0.25) is 0 Å². The number of aliphatic hydroxyl groups is 1. The maximum absolute atomic E-state index is 9.94. The Morgan fingerprint density at radius 3 is 2.31 bits per heavy atom. The van der Waals surface area contributed by atoms with Gasteiger partial charge in [0.1, 0.15) is 6.10 Å². The molecule has 1 aliphatic carbocycles. The van der Waals surface area contributed by atoms with Crippen LogP contribution in [0.2, 0.25) is 0 Å². The molecule has 1 rings (SSSR count). The van der Waals surface area contributed by atoms with Gasteiger partial charge in [-0.05, 0) is 31.3 Å². The molecule has 1 fully saturated rings. The highest BCUT2D eigenvalue weighted by Crippen LogP contribution is 2.57. The second-order valence-electron chi connectivity index (χ2n) is 5.21. The van der Waals surface area contributed by atoms with E-state index in [0.29, 0.717) is 5.92 Å². The van der Waals surface area contributed by atoms with Crippen LogP contribution in [-0.4, -0.2) is 11.2 Å². The zero-order chi connectivity index (χ0) is 12.3. The molecule has 0 aliphatic heterocycles. The van der Waals surface area contributed by atoms with E-state index in [9.17, 15) is 5.11 Å². The van der Waals surface area contributed by atoms with E-state index in [4.69, 9.17) is 0 Å². The Morgan fingerprint density at radius 2 is 1.94 bits per heavy atom. The van der Waals surface area contributed by atoms with Gasteiger partial charge in [-0.25, -0.2) is 0 Å². The maximum Gasteiger partial charge on any atom is 0.136 e. The molecule has 0 aromatic carbocycles. The van der Waals surface area contributed by atoms with Crippen molar-refractivity contribution in [2.45, 2.75) is 46.1 Å². The molecule has 0 saturated heterocycles. The lowest BCUT2D eigenvalue weighted by molar-refractivity contribution is 0.254. The molecular formula is C15H22O. The van der Waals surface area contributed by atoms with Crippen molar-refractivity contribution < 1.29 is 5.11 Å². The quantitative estimate of drug-likeness (QED) is 0.567. The number of hydrogen-bond acceptors (Lipinski definition) is 1. The first kappa shape index (κ1) is 13.1. The van der Waals surface area contributed by atoms with Crippen molar-refractivity contribution in [1.82, 2.24) is 0 Å². The predicted octanol–water partition coefficient (Wildman–Crippen LogP) is 3.31. The molecule has 1 aliphatic rings. The van der Waals surface area contributed by atoms with Crippen LogP contribution < -0.4 is 0 Å². The molecular weight excluding hydrogens is 196 g/mol. The molecule has 1 saturated carbocycles. The summed E-state index contributed by atoms with van der Waals surface area (Å²) in [6.07, 6.45) is 2.25. The van der Waals surface area contributed by atoms with E-state index in [2.05, 4.69) is 38.8 Å². The molecule has 0 aromatic heterocycles. The van der Waals surface area contributed by atoms with Crippen molar-refractivity contribution in [3.8, 4) is 11.8 Å². The average molecular weight is 218 g/mol. The SMILES string of the molecule is C=C(C)C1(C(=C)[C@@H](O)C#CCC(C)C)CC1. The van der Waals surface area contributed by atoms with E-state index >= 15 is 0 Å². The summed E-state index contributed by atoms with van der Waals surface area (Å²) in [5.74, 6) is 6.44. The molecule has 0 radical (unpaired) electrons. The maximum atomic E-state index is 9.94. The second-order valence-corrected chi connectivity index (χ2v) is 5.21. The minimum absolute atomic E-state index is 0.0219. The summed E-state index contributed by atoms with van der Waals surface area (Å²) in [4.78, 5) is 0. The Balaban J connectivity index is 2.61. The van der Waals surface area contributed by atoms with Gasteiger partial charge in [-0.1, -0.05) is 44.4 Å². The van der Waals surface area contributed by atoms with E-state index in [1.165, 1.54) is 0 Å². The lowest BCUT2D eigenvalue weighted by Gasteiger charge is -2.20. The second kappa shape index (κ2) is 4.89. The third-order valence-electron chi connectivity index (χ3n) is 3.26. The van der Waals surface area contributed by atoms with E-state index in [1.807, 2.05) is 6.92 Å². The standard InChI is InChI=1S/C15H22O/c1-11(2)7-6-8-14(16)13(5)15(9-10-15)12(3)4/h11,14,16H,3,5,7,9-10H2,1-2,4H3/t14-/m0/s1. The van der Waals surface area contributed by atoms with E-state index in [0.717, 1.165) is 30.4 Å². The first-order chi connectivity index (χ1) is 7.40. The third kappa shape index (κ3) is 2.77. The average Bonchev–Trinajstić information content (AvgIpc) is 2.96. The fourth-order valence-electron chi connectivity index (χ4n) is 1.86. The van der Waals surface area contributed by atoms with Crippen molar-refractivity contribution in [3.05, 3.63) is 24.3 Å². The first-order valence-corrected chi connectivity index (χ1v) is 5.92. The summed E-state index contributed by atoms with van der Waals surface area (Å²) >= 11 is 0. The smallest absolute Gasteiger partial charge is 0.136 e. The number of aliphatic hydroxyl groups excluding tert-OH is 1. The Bertz CT molecular complexity index is 347. The predicted molar refractivity (Wildman–Crippen MR) is 68.9 cm³/mol. The number of hydrogen-bond donors (Lipinski definition) is 1. The van der Waals surface area contributed by atoms with Gasteiger partial charge in [0.15, 0.2) is 0 Å². The third-order valence-corrected chi connectivity index (χ3v) is 3.26. The summed E-state index contributed by atoms with van der Waals surface area (Å²) in [5, 5.41) is 9.94. The zero-order valence-electron chi connectivity index (χ0n) is 10.6. The normalized spacial score (nSPS) is 18.6. The Labute approximate surface area is 99.3 Å². The van der Waals surface area contributed by atoms with Crippen LogP contribution in [0.5, 0.6) is 0 Å². The van der Waals surface area contributed by atoms with Gasteiger partial charge in [-0.2, -0.15) is 0 Å². The van der Waals surface area contributed by atoms with Crippen molar-refractivity contribution >= 4 is 0 Å². The van der Waals surface area contributed by atoms with Crippen LogP contribution in [0.1, 0.15) is 40.0 Å². The Kier molecular flexibility index (Phi) is 3.99. The fourth-order valence-corrected chi connectivity index (χ4v) is 1.86. The highest BCUT2D eigenvalue weighted by molar-refractivity contribution is 5.38. The molecule has 1 nitrogen and oxygen atoms in total. The van der Waals surface area contributed by atoms with Gasteiger partial charge in [0.05, 0.1) is 0 Å². The van der Waals surface area contributed by atoms with Gasteiger partial charge >= 0.3 is 0 Å². The number of allylic oxidation sites excluding steroid dienone is 1. The van der Waals surface area contributed by atoms with Crippen LogP contribution in [0.3, 0.4) is 0 Å². The van der Waals surface area contributed by atoms with E-state index in [1.54, 1.807) is 0 Å². The zero-order valence-corrected chi connectivity index (χ0v) is 10.6. The monoisotopic (exact) mass is 218 g/mol. The molecule has 1 heteroatoms. The van der Waals surface area contributed by atoms with Gasteiger partial charge < -0.3 is 5.11 Å². The largest absolute Gasteiger partial charge is 0.376 e. The fraction of sp³-hybridized carbons (Fsp3) is 0.600. The molecule has 0 spiro atoms. The molecule has 0 aromatic rings. The summed E-state index contributed by atoms with van der Waals surface area (Å²) < 4.78 is 0. The van der Waals surface area contributed by atoms with Crippen LogP contribution in [0.4, 0.5) is 0 Å². The van der Waals surface area contributed by atoms with Crippen molar-refractivity contribution in [1.29, 1.82) is 0 Å². The minimum Gasteiger partial charge on any atom is -0.376 e. The van der Waals surface area contributed by atoms with Crippen LogP contribution in [0.15, 0.2) is 24.3 Å². The molecule has 88 valence electrons. The Morgan fingerprint density at radius 1 is 1.38 bits per heavy atom.